The molecule has 25 heavy (non-hydrogen) atoms. The van der Waals surface area contributed by atoms with Crippen LogP contribution in [0.4, 0.5) is 22.9 Å². The van der Waals surface area contributed by atoms with Crippen LogP contribution in [0.1, 0.15) is 12.8 Å². The van der Waals surface area contributed by atoms with Crippen molar-refractivity contribution in [3.8, 4) is 0 Å². The molecule has 0 bridgehead atoms. The van der Waals surface area contributed by atoms with Gasteiger partial charge >= 0.3 is 0 Å². The van der Waals surface area contributed by atoms with Crippen molar-refractivity contribution >= 4 is 28.8 Å². The Balaban J connectivity index is 1.57. The van der Waals surface area contributed by atoms with E-state index in [0.717, 1.165) is 30.0 Å². The van der Waals surface area contributed by atoms with Gasteiger partial charge in [-0.05, 0) is 49.2 Å². The lowest BCUT2D eigenvalue weighted by atomic mass is 9.99. The lowest BCUT2D eigenvalue weighted by Crippen LogP contribution is -2.28. The van der Waals surface area contributed by atoms with Crippen molar-refractivity contribution in [1.29, 1.82) is 0 Å². The van der Waals surface area contributed by atoms with Gasteiger partial charge in [0.1, 0.15) is 5.82 Å². The van der Waals surface area contributed by atoms with Crippen LogP contribution in [0.5, 0.6) is 0 Å². The highest BCUT2D eigenvalue weighted by atomic mass is 16.5. The molecule has 2 N–H and O–H groups in total. The Hall–Kier alpha value is -2.60. The highest BCUT2D eigenvalue weighted by molar-refractivity contribution is 5.92. The van der Waals surface area contributed by atoms with Crippen LogP contribution in [-0.2, 0) is 9.53 Å². The summed E-state index contributed by atoms with van der Waals surface area (Å²) in [5.41, 5.74) is 2.83. The zero-order chi connectivity index (χ0) is 17.6. The molecule has 1 fully saturated rings. The first-order valence-electron chi connectivity index (χ1n) is 8.51. The van der Waals surface area contributed by atoms with E-state index >= 15 is 0 Å². The molecule has 6 nitrogen and oxygen atoms in total. The van der Waals surface area contributed by atoms with Gasteiger partial charge in [-0.15, -0.1) is 0 Å². The van der Waals surface area contributed by atoms with Gasteiger partial charge in [0.2, 0.25) is 5.91 Å². The van der Waals surface area contributed by atoms with Crippen LogP contribution >= 0.6 is 0 Å². The number of nitrogens with one attached hydrogen (secondary N) is 2. The summed E-state index contributed by atoms with van der Waals surface area (Å²) < 4.78 is 5.29. The van der Waals surface area contributed by atoms with E-state index in [4.69, 9.17) is 4.74 Å². The van der Waals surface area contributed by atoms with E-state index in [1.54, 1.807) is 6.20 Å². The molecular weight excluding hydrogens is 316 g/mol. The quantitative estimate of drug-likeness (QED) is 0.874. The summed E-state index contributed by atoms with van der Waals surface area (Å²) in [6, 6.07) is 11.8. The number of carbonyl (C=O) groups is 1. The second kappa shape index (κ2) is 7.98. The van der Waals surface area contributed by atoms with Crippen LogP contribution in [0.25, 0.3) is 0 Å². The fraction of sp³-hybridized carbons (Fsp3) is 0.368. The summed E-state index contributed by atoms with van der Waals surface area (Å²) in [6.07, 6.45) is 3.23. The molecular formula is C19H24N4O2. The van der Waals surface area contributed by atoms with Gasteiger partial charge in [0, 0.05) is 44.6 Å². The van der Waals surface area contributed by atoms with Crippen LogP contribution in [0.15, 0.2) is 42.6 Å². The summed E-state index contributed by atoms with van der Waals surface area (Å²) in [7, 11) is 4.02. The molecule has 1 aromatic heterocycles. The molecule has 3 rings (SSSR count). The summed E-state index contributed by atoms with van der Waals surface area (Å²) in [5.74, 6) is 0.813. The Kier molecular flexibility index (Phi) is 5.50. The fourth-order valence-corrected chi connectivity index (χ4v) is 2.74. The van der Waals surface area contributed by atoms with Gasteiger partial charge in [0.05, 0.1) is 11.9 Å². The van der Waals surface area contributed by atoms with Crippen molar-refractivity contribution in [1.82, 2.24) is 4.98 Å². The number of pyridine rings is 1. The Bertz CT molecular complexity index is 692. The van der Waals surface area contributed by atoms with Crippen molar-refractivity contribution in [2.75, 3.05) is 42.8 Å². The zero-order valence-electron chi connectivity index (χ0n) is 14.7. The summed E-state index contributed by atoms with van der Waals surface area (Å²) in [4.78, 5) is 18.6. The maximum Gasteiger partial charge on any atom is 0.227 e. The standard InChI is InChI=1S/C19H24N4O2/c1-23(2)17-6-3-15(4-7-17)21-18-8-5-16(13-20-18)22-19(24)14-9-11-25-12-10-14/h3-8,13-14H,9-12H2,1-2H3,(H,20,21)(H,22,24). The number of anilines is 4. The number of amides is 1. The SMILES string of the molecule is CN(C)c1ccc(Nc2ccc(NC(=O)C3CCOCC3)cn2)cc1. The average Bonchev–Trinajstić information content (AvgIpc) is 2.64. The second-order valence-electron chi connectivity index (χ2n) is 6.37. The highest BCUT2D eigenvalue weighted by Gasteiger charge is 2.21. The summed E-state index contributed by atoms with van der Waals surface area (Å²) in [6.45, 7) is 1.32. The number of benzene rings is 1. The molecule has 1 aliphatic rings. The number of nitrogens with zero attached hydrogens (tertiary/aromatic N) is 2. The molecule has 132 valence electrons. The number of aromatic nitrogens is 1. The van der Waals surface area contributed by atoms with Crippen molar-refractivity contribution < 1.29 is 9.53 Å². The van der Waals surface area contributed by atoms with Crippen molar-refractivity contribution in [3.05, 3.63) is 42.6 Å². The Morgan fingerprint density at radius 3 is 2.36 bits per heavy atom. The van der Waals surface area contributed by atoms with E-state index in [2.05, 4.69) is 20.5 Å². The van der Waals surface area contributed by atoms with Gasteiger partial charge in [0.25, 0.3) is 0 Å². The number of hydrogen-bond acceptors (Lipinski definition) is 5. The van der Waals surface area contributed by atoms with Crippen LogP contribution in [0.3, 0.4) is 0 Å². The maximum absolute atomic E-state index is 12.2. The topological polar surface area (TPSA) is 66.5 Å². The lowest BCUT2D eigenvalue weighted by molar-refractivity contribution is -0.122. The minimum absolute atomic E-state index is 0.0294. The molecule has 0 aliphatic carbocycles. The monoisotopic (exact) mass is 340 g/mol. The predicted octanol–water partition coefficient (Wildman–Crippen LogP) is 3.26. The number of carbonyl (C=O) groups excluding carboxylic acids is 1. The van der Waals surface area contributed by atoms with Crippen LogP contribution in [0, 0.1) is 5.92 Å². The van der Waals surface area contributed by atoms with E-state index < -0.39 is 0 Å². The van der Waals surface area contributed by atoms with E-state index in [9.17, 15) is 4.79 Å². The zero-order valence-corrected chi connectivity index (χ0v) is 14.7. The van der Waals surface area contributed by atoms with Crippen LogP contribution in [0.2, 0.25) is 0 Å². The highest BCUT2D eigenvalue weighted by Crippen LogP contribution is 2.21. The normalized spacial score (nSPS) is 14.8. The molecule has 0 unspecified atom stereocenters. The molecule has 1 aromatic carbocycles. The first-order valence-corrected chi connectivity index (χ1v) is 8.51. The number of rotatable bonds is 5. The molecule has 1 amide bonds. The molecule has 0 spiro atoms. The second-order valence-corrected chi connectivity index (χ2v) is 6.37. The maximum atomic E-state index is 12.2. The van der Waals surface area contributed by atoms with E-state index in [0.29, 0.717) is 18.9 Å². The Morgan fingerprint density at radius 2 is 1.76 bits per heavy atom. The van der Waals surface area contributed by atoms with Crippen molar-refractivity contribution in [2.45, 2.75) is 12.8 Å². The van der Waals surface area contributed by atoms with Crippen LogP contribution in [-0.4, -0.2) is 38.2 Å². The largest absolute Gasteiger partial charge is 0.381 e. The molecule has 0 radical (unpaired) electrons. The van der Waals surface area contributed by atoms with Gasteiger partial charge in [-0.2, -0.15) is 0 Å². The van der Waals surface area contributed by atoms with Crippen LogP contribution < -0.4 is 15.5 Å². The average molecular weight is 340 g/mol. The van der Waals surface area contributed by atoms with E-state index in [1.807, 2.05) is 50.5 Å². The molecule has 0 saturated carbocycles. The third kappa shape index (κ3) is 4.70. The van der Waals surface area contributed by atoms with Crippen molar-refractivity contribution in [2.24, 2.45) is 5.92 Å². The first kappa shape index (κ1) is 17.2. The van der Waals surface area contributed by atoms with Gasteiger partial charge < -0.3 is 20.3 Å². The van der Waals surface area contributed by atoms with Gasteiger partial charge in [0.15, 0.2) is 0 Å². The summed E-state index contributed by atoms with van der Waals surface area (Å²) >= 11 is 0. The van der Waals surface area contributed by atoms with Gasteiger partial charge in [-0.25, -0.2) is 4.98 Å². The predicted molar refractivity (Wildman–Crippen MR) is 100 cm³/mol. The minimum atomic E-state index is 0.0294. The van der Waals surface area contributed by atoms with E-state index in [1.165, 1.54) is 0 Å². The number of hydrogen-bond donors (Lipinski definition) is 2. The van der Waals surface area contributed by atoms with Crippen molar-refractivity contribution in [3.63, 3.8) is 0 Å². The fourth-order valence-electron chi connectivity index (χ4n) is 2.74. The molecule has 2 aromatic rings. The Morgan fingerprint density at radius 1 is 1.08 bits per heavy atom. The molecule has 2 heterocycles. The van der Waals surface area contributed by atoms with Gasteiger partial charge in [-0.1, -0.05) is 0 Å². The number of ether oxygens (including phenoxy) is 1. The Labute approximate surface area is 148 Å². The lowest BCUT2D eigenvalue weighted by Gasteiger charge is -2.21. The first-order chi connectivity index (χ1) is 12.1. The smallest absolute Gasteiger partial charge is 0.227 e. The van der Waals surface area contributed by atoms with Gasteiger partial charge in [-0.3, -0.25) is 4.79 Å². The minimum Gasteiger partial charge on any atom is -0.381 e. The molecule has 6 heteroatoms. The van der Waals surface area contributed by atoms with E-state index in [-0.39, 0.29) is 11.8 Å². The third-order valence-electron chi connectivity index (χ3n) is 4.28. The third-order valence-corrected chi connectivity index (χ3v) is 4.28. The molecule has 1 saturated heterocycles. The molecule has 1 aliphatic heterocycles. The summed E-state index contributed by atoms with van der Waals surface area (Å²) in [5, 5.41) is 6.19. The molecule has 0 atom stereocenters.